The number of benzene rings is 2. The van der Waals surface area contributed by atoms with Gasteiger partial charge in [-0.1, -0.05) is 23.7 Å². The first-order valence-corrected chi connectivity index (χ1v) is 11.9. The van der Waals surface area contributed by atoms with Gasteiger partial charge in [-0.05, 0) is 69.0 Å². The molecule has 2 aromatic carbocycles. The molecule has 1 N–H and O–H groups in total. The first kappa shape index (κ1) is 22.6. The van der Waals surface area contributed by atoms with E-state index in [2.05, 4.69) is 5.32 Å². The molecule has 162 valence electrons. The number of ether oxygens (including phenoxy) is 1. The van der Waals surface area contributed by atoms with Gasteiger partial charge in [-0.25, -0.2) is 8.42 Å². The van der Waals surface area contributed by atoms with Crippen LogP contribution in [0.1, 0.15) is 30.9 Å². The normalized spacial score (nSPS) is 17.5. The van der Waals surface area contributed by atoms with Crippen LogP contribution in [0.5, 0.6) is 5.75 Å². The van der Waals surface area contributed by atoms with Crippen molar-refractivity contribution < 1.29 is 17.9 Å². The third-order valence-corrected chi connectivity index (χ3v) is 7.61. The number of sulfonamides is 1. The van der Waals surface area contributed by atoms with Crippen molar-refractivity contribution in [3.63, 3.8) is 0 Å². The standard InChI is InChI=1S/C22H27ClN2O4S/c1-4-29-21-11-10-18(13-19(21)23)30(27,28)25-12-6-8-17(14-25)22(26)24-20-9-5-7-15(2)16(20)3/h5,7,9-11,13,17H,4,6,8,12,14H2,1-3H3,(H,24,26)/t17-/m0/s1. The summed E-state index contributed by atoms with van der Waals surface area (Å²) >= 11 is 6.18. The largest absolute Gasteiger partial charge is 0.492 e. The second-order valence-corrected chi connectivity index (χ2v) is 9.81. The fourth-order valence-corrected chi connectivity index (χ4v) is 5.41. The molecule has 0 bridgehead atoms. The van der Waals surface area contributed by atoms with E-state index in [9.17, 15) is 13.2 Å². The van der Waals surface area contributed by atoms with Gasteiger partial charge in [-0.3, -0.25) is 4.79 Å². The van der Waals surface area contributed by atoms with Crippen LogP contribution >= 0.6 is 11.6 Å². The second kappa shape index (κ2) is 9.37. The lowest BCUT2D eigenvalue weighted by atomic mass is 9.98. The molecule has 6 nitrogen and oxygen atoms in total. The minimum atomic E-state index is -3.76. The number of rotatable bonds is 6. The summed E-state index contributed by atoms with van der Waals surface area (Å²) in [6.45, 7) is 6.73. The number of nitrogens with one attached hydrogen (secondary N) is 1. The Bertz CT molecular complexity index is 1040. The summed E-state index contributed by atoms with van der Waals surface area (Å²) in [5.41, 5.74) is 2.86. The fourth-order valence-electron chi connectivity index (χ4n) is 3.56. The van der Waals surface area contributed by atoms with E-state index in [0.717, 1.165) is 16.8 Å². The van der Waals surface area contributed by atoms with Crippen LogP contribution in [0.4, 0.5) is 5.69 Å². The van der Waals surface area contributed by atoms with Crippen LogP contribution in [-0.2, 0) is 14.8 Å². The number of anilines is 1. The van der Waals surface area contributed by atoms with Gasteiger partial charge in [0.25, 0.3) is 0 Å². The second-order valence-electron chi connectivity index (χ2n) is 7.46. The van der Waals surface area contributed by atoms with Crippen molar-refractivity contribution in [2.24, 2.45) is 5.92 Å². The van der Waals surface area contributed by atoms with E-state index >= 15 is 0 Å². The van der Waals surface area contributed by atoms with Gasteiger partial charge in [-0.2, -0.15) is 4.31 Å². The van der Waals surface area contributed by atoms with Crippen molar-refractivity contribution in [3.05, 3.63) is 52.5 Å². The number of hydrogen-bond acceptors (Lipinski definition) is 4. The number of carbonyl (C=O) groups excluding carboxylic acids is 1. The first-order valence-electron chi connectivity index (χ1n) is 10.0. The number of amides is 1. The molecule has 0 radical (unpaired) electrons. The van der Waals surface area contributed by atoms with E-state index in [1.165, 1.54) is 16.4 Å². The summed E-state index contributed by atoms with van der Waals surface area (Å²) in [4.78, 5) is 12.9. The van der Waals surface area contributed by atoms with Crippen LogP contribution in [0, 0.1) is 19.8 Å². The van der Waals surface area contributed by atoms with E-state index in [1.807, 2.05) is 39.0 Å². The zero-order valence-corrected chi connectivity index (χ0v) is 19.0. The molecule has 1 aliphatic rings. The quantitative estimate of drug-likeness (QED) is 0.707. The van der Waals surface area contributed by atoms with Gasteiger partial charge >= 0.3 is 0 Å². The molecule has 1 fully saturated rings. The highest BCUT2D eigenvalue weighted by molar-refractivity contribution is 7.89. The lowest BCUT2D eigenvalue weighted by molar-refractivity contribution is -0.120. The Morgan fingerprint density at radius 1 is 1.27 bits per heavy atom. The molecular formula is C22H27ClN2O4S. The van der Waals surface area contributed by atoms with Gasteiger partial charge in [0, 0.05) is 18.8 Å². The van der Waals surface area contributed by atoms with Crippen LogP contribution in [0.25, 0.3) is 0 Å². The van der Waals surface area contributed by atoms with Gasteiger partial charge in [0.1, 0.15) is 5.75 Å². The molecule has 30 heavy (non-hydrogen) atoms. The molecule has 8 heteroatoms. The molecule has 0 saturated carbocycles. The minimum Gasteiger partial charge on any atom is -0.492 e. The van der Waals surface area contributed by atoms with Gasteiger partial charge in [0.05, 0.1) is 22.4 Å². The Labute approximate surface area is 183 Å². The molecule has 0 unspecified atom stereocenters. The third-order valence-electron chi connectivity index (χ3n) is 5.46. The lowest BCUT2D eigenvalue weighted by Gasteiger charge is -2.31. The van der Waals surface area contributed by atoms with E-state index in [0.29, 0.717) is 31.7 Å². The molecule has 0 spiro atoms. The van der Waals surface area contributed by atoms with Crippen LogP contribution in [-0.4, -0.2) is 38.3 Å². The Balaban J connectivity index is 1.75. The molecule has 1 heterocycles. The third kappa shape index (κ3) is 4.79. The molecule has 1 amide bonds. The number of nitrogens with zero attached hydrogens (tertiary/aromatic N) is 1. The van der Waals surface area contributed by atoms with E-state index < -0.39 is 15.9 Å². The van der Waals surface area contributed by atoms with Crippen LogP contribution in [0.15, 0.2) is 41.3 Å². The SMILES string of the molecule is CCOc1ccc(S(=O)(=O)N2CCC[C@H](C(=O)Nc3cccc(C)c3C)C2)cc1Cl. The Hall–Kier alpha value is -2.09. The Morgan fingerprint density at radius 3 is 2.73 bits per heavy atom. The topological polar surface area (TPSA) is 75.7 Å². The summed E-state index contributed by atoms with van der Waals surface area (Å²) in [6.07, 6.45) is 1.27. The summed E-state index contributed by atoms with van der Waals surface area (Å²) in [7, 11) is -3.76. The lowest BCUT2D eigenvalue weighted by Crippen LogP contribution is -2.43. The highest BCUT2D eigenvalue weighted by atomic mass is 35.5. The number of halogens is 1. The maximum absolute atomic E-state index is 13.1. The molecule has 0 aliphatic carbocycles. The number of carbonyl (C=O) groups is 1. The molecule has 0 aromatic heterocycles. The zero-order chi connectivity index (χ0) is 21.9. The number of piperidine rings is 1. The average molecular weight is 451 g/mol. The monoisotopic (exact) mass is 450 g/mol. The highest BCUT2D eigenvalue weighted by Crippen LogP contribution is 2.31. The molecular weight excluding hydrogens is 424 g/mol. The van der Waals surface area contributed by atoms with Gasteiger partial charge in [0.15, 0.2) is 0 Å². The smallest absolute Gasteiger partial charge is 0.243 e. The number of hydrogen-bond donors (Lipinski definition) is 1. The van der Waals surface area contributed by atoms with E-state index in [4.69, 9.17) is 16.3 Å². The predicted molar refractivity (Wildman–Crippen MR) is 119 cm³/mol. The van der Waals surface area contributed by atoms with Crippen LogP contribution < -0.4 is 10.1 Å². The molecule has 1 saturated heterocycles. The molecule has 3 rings (SSSR count). The Morgan fingerprint density at radius 2 is 2.03 bits per heavy atom. The van der Waals surface area contributed by atoms with Crippen molar-refractivity contribution in [3.8, 4) is 5.75 Å². The molecule has 1 atom stereocenters. The van der Waals surface area contributed by atoms with Crippen molar-refractivity contribution in [2.45, 2.75) is 38.5 Å². The highest BCUT2D eigenvalue weighted by Gasteiger charge is 2.33. The van der Waals surface area contributed by atoms with Crippen LogP contribution in [0.3, 0.4) is 0 Å². The summed E-state index contributed by atoms with van der Waals surface area (Å²) < 4.78 is 33.0. The number of aryl methyl sites for hydroxylation is 1. The van der Waals surface area contributed by atoms with Crippen molar-refractivity contribution >= 4 is 33.2 Å². The first-order chi connectivity index (χ1) is 14.2. The maximum atomic E-state index is 13.1. The fraction of sp³-hybridized carbons (Fsp3) is 0.409. The van der Waals surface area contributed by atoms with E-state index in [1.54, 1.807) is 6.07 Å². The Kier molecular flexibility index (Phi) is 7.06. The van der Waals surface area contributed by atoms with Crippen molar-refractivity contribution in [1.82, 2.24) is 4.31 Å². The average Bonchev–Trinajstić information content (AvgIpc) is 2.73. The minimum absolute atomic E-state index is 0.103. The summed E-state index contributed by atoms with van der Waals surface area (Å²) in [5.74, 6) is -0.123. The predicted octanol–water partition coefficient (Wildman–Crippen LogP) is 4.39. The van der Waals surface area contributed by atoms with Crippen molar-refractivity contribution in [2.75, 3.05) is 25.0 Å². The maximum Gasteiger partial charge on any atom is 0.243 e. The van der Waals surface area contributed by atoms with Crippen LogP contribution in [0.2, 0.25) is 5.02 Å². The van der Waals surface area contributed by atoms with E-state index in [-0.39, 0.29) is 22.4 Å². The van der Waals surface area contributed by atoms with Gasteiger partial charge < -0.3 is 10.1 Å². The summed E-state index contributed by atoms with van der Waals surface area (Å²) in [6, 6.07) is 10.2. The van der Waals surface area contributed by atoms with Gasteiger partial charge in [-0.15, -0.1) is 0 Å². The molecule has 1 aliphatic heterocycles. The molecule has 2 aromatic rings. The van der Waals surface area contributed by atoms with Gasteiger partial charge in [0.2, 0.25) is 15.9 Å². The van der Waals surface area contributed by atoms with Crippen molar-refractivity contribution in [1.29, 1.82) is 0 Å². The zero-order valence-electron chi connectivity index (χ0n) is 17.4. The summed E-state index contributed by atoms with van der Waals surface area (Å²) in [5, 5.41) is 3.21.